The summed E-state index contributed by atoms with van der Waals surface area (Å²) in [6.07, 6.45) is 0.604. The van der Waals surface area contributed by atoms with Crippen molar-refractivity contribution >= 4 is 31.5 Å². The molecular weight excluding hydrogens is 408 g/mol. The molecule has 0 aliphatic carbocycles. The summed E-state index contributed by atoms with van der Waals surface area (Å²) in [6.45, 7) is 11.3. The van der Waals surface area contributed by atoms with Gasteiger partial charge in [0, 0.05) is 18.7 Å². The van der Waals surface area contributed by atoms with Crippen LogP contribution in [-0.2, 0) is 6.42 Å². The van der Waals surface area contributed by atoms with Crippen LogP contribution in [0.5, 0.6) is 5.75 Å². The first-order chi connectivity index (χ1) is 13.4. The van der Waals surface area contributed by atoms with E-state index in [1.54, 1.807) is 0 Å². The zero-order chi connectivity index (χ0) is 21.8. The summed E-state index contributed by atoms with van der Waals surface area (Å²) in [5.41, 5.74) is 0.956. The Hall–Kier alpha value is -2.38. The normalized spacial score (nSPS) is 11.8. The highest BCUT2D eigenvalue weighted by atomic mass is 35.5. The third-order valence-corrected chi connectivity index (χ3v) is 9.87. The molecule has 0 saturated heterocycles. The Bertz CT molecular complexity index is 910. The quantitative estimate of drug-likeness (QED) is 0.349. The van der Waals surface area contributed by atoms with Gasteiger partial charge in [-0.1, -0.05) is 44.5 Å². The Morgan fingerprint density at radius 1 is 1.21 bits per heavy atom. The highest BCUT2D eigenvalue weighted by molar-refractivity contribution is 6.74. The van der Waals surface area contributed by atoms with E-state index in [0.717, 1.165) is 11.3 Å². The van der Waals surface area contributed by atoms with Crippen LogP contribution in [0.2, 0.25) is 23.2 Å². The Morgan fingerprint density at radius 2 is 1.90 bits per heavy atom. The van der Waals surface area contributed by atoms with Gasteiger partial charge in [-0.05, 0) is 48.3 Å². The van der Waals surface area contributed by atoms with Crippen LogP contribution in [0.4, 0.5) is 5.69 Å². The minimum absolute atomic E-state index is 0.0934. The van der Waals surface area contributed by atoms with Gasteiger partial charge >= 0.3 is 0 Å². The van der Waals surface area contributed by atoms with Crippen LogP contribution in [0.3, 0.4) is 0 Å². The molecule has 0 aliphatic rings. The van der Waals surface area contributed by atoms with E-state index in [4.69, 9.17) is 16.0 Å². The van der Waals surface area contributed by atoms with Crippen LogP contribution < -0.4 is 9.74 Å². The number of carbonyl (C=O) groups is 1. The number of carbonyl (C=O) groups excluding carboxylic acids is 1. The molecule has 0 saturated carbocycles. The summed E-state index contributed by atoms with van der Waals surface area (Å²) < 4.78 is 6.33. The molecule has 0 aliphatic heterocycles. The smallest absolute Gasteiger partial charge is 0.270 e. The van der Waals surface area contributed by atoms with E-state index in [1.165, 1.54) is 18.2 Å². The molecular formula is C21H27ClN2O4Si. The summed E-state index contributed by atoms with van der Waals surface area (Å²) in [6, 6.07) is 11.7. The average Bonchev–Trinajstić information content (AvgIpc) is 2.60. The number of benzene rings is 2. The minimum atomic E-state index is -1.92. The summed E-state index contributed by atoms with van der Waals surface area (Å²) in [5.74, 6) is 0.398. The lowest BCUT2D eigenvalue weighted by Gasteiger charge is -2.36. The molecule has 1 N–H and O–H groups in total. The van der Waals surface area contributed by atoms with E-state index in [-0.39, 0.29) is 21.3 Å². The number of nitrogens with one attached hydrogen (secondary N) is 1. The fraction of sp³-hybridized carbons (Fsp3) is 0.381. The van der Waals surface area contributed by atoms with Crippen molar-refractivity contribution in [1.82, 2.24) is 5.32 Å². The van der Waals surface area contributed by atoms with Crippen molar-refractivity contribution in [2.24, 2.45) is 0 Å². The van der Waals surface area contributed by atoms with Crippen LogP contribution >= 0.6 is 11.6 Å². The van der Waals surface area contributed by atoms with Gasteiger partial charge in [0.1, 0.15) is 5.75 Å². The molecule has 0 fully saturated rings. The third kappa shape index (κ3) is 6.05. The lowest BCUT2D eigenvalue weighted by Crippen LogP contribution is -2.43. The van der Waals surface area contributed by atoms with Crippen molar-refractivity contribution in [3.8, 4) is 5.75 Å². The van der Waals surface area contributed by atoms with E-state index in [2.05, 4.69) is 39.2 Å². The van der Waals surface area contributed by atoms with Gasteiger partial charge in [-0.25, -0.2) is 0 Å². The Labute approximate surface area is 177 Å². The maximum atomic E-state index is 12.4. The van der Waals surface area contributed by atoms with Gasteiger partial charge in [0.05, 0.1) is 15.5 Å². The summed E-state index contributed by atoms with van der Waals surface area (Å²) in [4.78, 5) is 22.7. The largest absolute Gasteiger partial charge is 0.543 e. The van der Waals surface area contributed by atoms with Crippen molar-refractivity contribution < 1.29 is 14.1 Å². The maximum absolute atomic E-state index is 12.4. The number of hydrogen-bond acceptors (Lipinski definition) is 4. The van der Waals surface area contributed by atoms with E-state index in [1.807, 2.05) is 24.3 Å². The Morgan fingerprint density at radius 3 is 2.52 bits per heavy atom. The first kappa shape index (κ1) is 22.9. The SMILES string of the molecule is CC(C)(C)[Si](C)(C)Oc1cccc(CCNC(=O)c2cc([N+](=O)[O-])ccc2Cl)c1. The molecule has 2 aromatic carbocycles. The molecule has 156 valence electrons. The molecule has 1 amide bonds. The fourth-order valence-electron chi connectivity index (χ4n) is 2.43. The predicted molar refractivity (Wildman–Crippen MR) is 118 cm³/mol. The Kier molecular flexibility index (Phi) is 7.08. The van der Waals surface area contributed by atoms with E-state index in [0.29, 0.717) is 13.0 Å². The predicted octanol–water partition coefficient (Wildman–Crippen LogP) is 5.60. The molecule has 0 spiro atoms. The minimum Gasteiger partial charge on any atom is -0.543 e. The van der Waals surface area contributed by atoms with Crippen molar-refractivity contribution in [2.45, 2.75) is 45.3 Å². The van der Waals surface area contributed by atoms with Crippen LogP contribution in [0.15, 0.2) is 42.5 Å². The van der Waals surface area contributed by atoms with Gasteiger partial charge < -0.3 is 9.74 Å². The Balaban J connectivity index is 2.00. The van der Waals surface area contributed by atoms with Crippen LogP contribution in [0.25, 0.3) is 0 Å². The van der Waals surface area contributed by atoms with Gasteiger partial charge in [-0.15, -0.1) is 0 Å². The average molecular weight is 435 g/mol. The van der Waals surface area contributed by atoms with Gasteiger partial charge in [-0.3, -0.25) is 14.9 Å². The molecule has 6 nitrogen and oxygen atoms in total. The third-order valence-electron chi connectivity index (χ3n) is 5.18. The number of nitro benzene ring substituents is 1. The molecule has 2 rings (SSSR count). The number of nitro groups is 1. The van der Waals surface area contributed by atoms with Crippen LogP contribution in [0, 0.1) is 10.1 Å². The second-order valence-corrected chi connectivity index (χ2v) is 13.6. The highest BCUT2D eigenvalue weighted by Crippen LogP contribution is 2.37. The monoisotopic (exact) mass is 434 g/mol. The number of nitrogens with zero attached hydrogens (tertiary/aromatic N) is 1. The summed E-state index contributed by atoms with van der Waals surface area (Å²) in [7, 11) is -1.92. The highest BCUT2D eigenvalue weighted by Gasteiger charge is 2.38. The lowest BCUT2D eigenvalue weighted by atomic mass is 10.1. The molecule has 8 heteroatoms. The van der Waals surface area contributed by atoms with Gasteiger partial charge in [-0.2, -0.15) is 0 Å². The summed E-state index contributed by atoms with van der Waals surface area (Å²) in [5, 5.41) is 14.0. The van der Waals surface area contributed by atoms with Crippen molar-refractivity contribution in [2.75, 3.05) is 6.54 Å². The van der Waals surface area contributed by atoms with Gasteiger partial charge in [0.15, 0.2) is 0 Å². The van der Waals surface area contributed by atoms with E-state index < -0.39 is 19.1 Å². The number of halogens is 1. The van der Waals surface area contributed by atoms with Crippen LogP contribution in [-0.4, -0.2) is 25.7 Å². The van der Waals surface area contributed by atoms with Gasteiger partial charge in [0.25, 0.3) is 11.6 Å². The molecule has 29 heavy (non-hydrogen) atoms. The zero-order valence-corrected chi connectivity index (χ0v) is 19.2. The van der Waals surface area contributed by atoms with Crippen molar-refractivity contribution in [3.63, 3.8) is 0 Å². The number of rotatable bonds is 7. The number of non-ortho nitro benzene ring substituents is 1. The summed E-state index contributed by atoms with van der Waals surface area (Å²) >= 11 is 6.01. The fourth-order valence-corrected chi connectivity index (χ4v) is 3.65. The molecule has 0 radical (unpaired) electrons. The standard InChI is InChI=1S/C21H27ClN2O4Si/c1-21(2,3)29(4,5)28-17-8-6-7-15(13-17)11-12-23-20(25)18-14-16(24(26)27)9-10-19(18)22/h6-10,13-14H,11-12H2,1-5H3,(H,23,25). The second kappa shape index (κ2) is 8.96. The van der Waals surface area contributed by atoms with Crippen molar-refractivity contribution in [3.05, 3.63) is 68.7 Å². The topological polar surface area (TPSA) is 81.5 Å². The molecule has 0 atom stereocenters. The van der Waals surface area contributed by atoms with E-state index in [9.17, 15) is 14.9 Å². The first-order valence-electron chi connectivity index (χ1n) is 9.41. The molecule has 0 bridgehead atoms. The van der Waals surface area contributed by atoms with Gasteiger partial charge in [0.2, 0.25) is 8.32 Å². The first-order valence-corrected chi connectivity index (χ1v) is 12.7. The number of hydrogen-bond donors (Lipinski definition) is 1. The van der Waals surface area contributed by atoms with Crippen LogP contribution in [0.1, 0.15) is 36.7 Å². The maximum Gasteiger partial charge on any atom is 0.270 e. The lowest BCUT2D eigenvalue weighted by molar-refractivity contribution is -0.384. The second-order valence-electron chi connectivity index (χ2n) is 8.44. The number of amides is 1. The van der Waals surface area contributed by atoms with Crippen molar-refractivity contribution in [1.29, 1.82) is 0 Å². The molecule has 0 heterocycles. The molecule has 2 aromatic rings. The zero-order valence-electron chi connectivity index (χ0n) is 17.4. The molecule has 0 aromatic heterocycles. The van der Waals surface area contributed by atoms with E-state index >= 15 is 0 Å². The molecule has 0 unspecified atom stereocenters.